The van der Waals surface area contributed by atoms with Gasteiger partial charge in [-0.3, -0.25) is 9.69 Å². The maximum Gasteiger partial charge on any atom is 0.166 e. The highest BCUT2D eigenvalue weighted by atomic mass is 16.1. The Labute approximate surface area is 115 Å². The number of carbonyl (C=O) groups is 1. The monoisotopic (exact) mass is 260 g/mol. The predicted molar refractivity (Wildman–Crippen MR) is 79.3 cm³/mol. The summed E-state index contributed by atoms with van der Waals surface area (Å²) in [5.41, 5.74) is 7.12. The molecule has 2 rings (SSSR count). The van der Waals surface area contributed by atoms with Crippen LogP contribution in [0.25, 0.3) is 0 Å². The maximum absolute atomic E-state index is 12.2. The molecule has 1 atom stereocenters. The molecule has 1 aromatic rings. The van der Waals surface area contributed by atoms with Crippen LogP contribution in [0, 0.1) is 0 Å². The molecule has 3 heteroatoms. The fourth-order valence-electron chi connectivity index (χ4n) is 2.95. The number of para-hydroxylation sites is 1. The number of anilines is 1. The zero-order valence-electron chi connectivity index (χ0n) is 11.8. The van der Waals surface area contributed by atoms with Gasteiger partial charge in [0.25, 0.3) is 0 Å². The van der Waals surface area contributed by atoms with E-state index in [2.05, 4.69) is 11.8 Å². The molecule has 1 unspecified atom stereocenters. The number of benzene rings is 1. The molecule has 104 valence electrons. The molecule has 0 saturated carbocycles. The van der Waals surface area contributed by atoms with Crippen LogP contribution in [-0.4, -0.2) is 29.8 Å². The van der Waals surface area contributed by atoms with E-state index in [1.54, 1.807) is 6.07 Å². The molecule has 1 saturated heterocycles. The Kier molecular flexibility index (Phi) is 4.97. The summed E-state index contributed by atoms with van der Waals surface area (Å²) >= 11 is 0. The van der Waals surface area contributed by atoms with Crippen LogP contribution >= 0.6 is 0 Å². The molecule has 19 heavy (non-hydrogen) atoms. The number of nitrogens with two attached hydrogens (primary N) is 1. The first-order valence-corrected chi connectivity index (χ1v) is 7.34. The highest BCUT2D eigenvalue weighted by Crippen LogP contribution is 2.20. The molecular formula is C16H24N2O. The molecule has 2 N–H and O–H groups in total. The standard InChI is InChI=1S/C16H24N2O/c1-2-13-7-5-6-11-18(13)12-10-16(19)14-8-3-4-9-15(14)17/h3-4,8-9,13H,2,5-7,10-12,17H2,1H3. The summed E-state index contributed by atoms with van der Waals surface area (Å²) in [6, 6.07) is 8.02. The second kappa shape index (κ2) is 6.71. The van der Waals surface area contributed by atoms with Gasteiger partial charge < -0.3 is 5.73 Å². The molecule has 0 radical (unpaired) electrons. The van der Waals surface area contributed by atoms with Crippen molar-refractivity contribution in [2.45, 2.75) is 45.1 Å². The van der Waals surface area contributed by atoms with E-state index in [1.807, 2.05) is 18.2 Å². The Balaban J connectivity index is 1.91. The van der Waals surface area contributed by atoms with Crippen molar-refractivity contribution >= 4 is 11.5 Å². The van der Waals surface area contributed by atoms with Crippen molar-refractivity contribution in [2.24, 2.45) is 0 Å². The molecular weight excluding hydrogens is 236 g/mol. The van der Waals surface area contributed by atoms with Crippen LogP contribution in [0.4, 0.5) is 5.69 Å². The van der Waals surface area contributed by atoms with Gasteiger partial charge in [-0.1, -0.05) is 25.5 Å². The van der Waals surface area contributed by atoms with Crippen LogP contribution in [0.2, 0.25) is 0 Å². The lowest BCUT2D eigenvalue weighted by Crippen LogP contribution is -2.40. The van der Waals surface area contributed by atoms with E-state index in [1.165, 1.54) is 25.7 Å². The van der Waals surface area contributed by atoms with Crippen LogP contribution in [0.15, 0.2) is 24.3 Å². The maximum atomic E-state index is 12.2. The summed E-state index contributed by atoms with van der Waals surface area (Å²) in [5.74, 6) is 0.165. The number of piperidine rings is 1. The normalized spacial score (nSPS) is 20.4. The van der Waals surface area contributed by atoms with Gasteiger partial charge in [-0.2, -0.15) is 0 Å². The summed E-state index contributed by atoms with van der Waals surface area (Å²) < 4.78 is 0. The van der Waals surface area contributed by atoms with E-state index in [0.29, 0.717) is 23.7 Å². The molecule has 1 heterocycles. The van der Waals surface area contributed by atoms with Crippen molar-refractivity contribution in [3.05, 3.63) is 29.8 Å². The van der Waals surface area contributed by atoms with Gasteiger partial charge in [-0.15, -0.1) is 0 Å². The fourth-order valence-corrected chi connectivity index (χ4v) is 2.95. The van der Waals surface area contributed by atoms with Gasteiger partial charge in [0.15, 0.2) is 5.78 Å². The summed E-state index contributed by atoms with van der Waals surface area (Å²) in [7, 11) is 0. The third-order valence-corrected chi connectivity index (χ3v) is 4.11. The van der Waals surface area contributed by atoms with E-state index in [0.717, 1.165) is 13.1 Å². The molecule has 1 aromatic carbocycles. The molecule has 1 fully saturated rings. The first-order valence-electron chi connectivity index (χ1n) is 7.34. The Morgan fingerprint density at radius 1 is 1.37 bits per heavy atom. The zero-order chi connectivity index (χ0) is 13.7. The van der Waals surface area contributed by atoms with Crippen molar-refractivity contribution in [3.8, 4) is 0 Å². The van der Waals surface area contributed by atoms with Crippen molar-refractivity contribution < 1.29 is 4.79 Å². The number of hydrogen-bond acceptors (Lipinski definition) is 3. The Morgan fingerprint density at radius 3 is 2.89 bits per heavy atom. The quantitative estimate of drug-likeness (QED) is 0.653. The summed E-state index contributed by atoms with van der Waals surface area (Å²) in [6.07, 6.45) is 5.62. The molecule has 0 aromatic heterocycles. The number of rotatable bonds is 5. The van der Waals surface area contributed by atoms with Crippen molar-refractivity contribution in [1.29, 1.82) is 0 Å². The van der Waals surface area contributed by atoms with E-state index in [4.69, 9.17) is 5.73 Å². The largest absolute Gasteiger partial charge is 0.398 e. The number of Topliss-reactive ketones (excluding diaryl/α,β-unsaturated/α-hetero) is 1. The smallest absolute Gasteiger partial charge is 0.166 e. The highest BCUT2D eigenvalue weighted by molar-refractivity contribution is 6.00. The van der Waals surface area contributed by atoms with E-state index < -0.39 is 0 Å². The topological polar surface area (TPSA) is 46.3 Å². The predicted octanol–water partition coefficient (Wildman–Crippen LogP) is 3.11. The second-order valence-electron chi connectivity index (χ2n) is 5.35. The molecule has 1 aliphatic heterocycles. The number of ketones is 1. The average molecular weight is 260 g/mol. The van der Waals surface area contributed by atoms with Crippen LogP contribution < -0.4 is 5.73 Å². The van der Waals surface area contributed by atoms with Gasteiger partial charge in [0, 0.05) is 30.3 Å². The van der Waals surface area contributed by atoms with E-state index >= 15 is 0 Å². The average Bonchev–Trinajstić information content (AvgIpc) is 2.45. The third kappa shape index (κ3) is 3.57. The van der Waals surface area contributed by atoms with Crippen LogP contribution in [-0.2, 0) is 0 Å². The van der Waals surface area contributed by atoms with Gasteiger partial charge in [-0.05, 0) is 37.9 Å². The third-order valence-electron chi connectivity index (χ3n) is 4.11. The lowest BCUT2D eigenvalue weighted by Gasteiger charge is -2.35. The van der Waals surface area contributed by atoms with Gasteiger partial charge in [-0.25, -0.2) is 0 Å². The number of carbonyl (C=O) groups excluding carboxylic acids is 1. The molecule has 3 nitrogen and oxygen atoms in total. The molecule has 0 bridgehead atoms. The summed E-state index contributed by atoms with van der Waals surface area (Å²) in [5, 5.41) is 0. The lowest BCUT2D eigenvalue weighted by molar-refractivity contribution is 0.0924. The minimum atomic E-state index is 0.165. The second-order valence-corrected chi connectivity index (χ2v) is 5.35. The van der Waals surface area contributed by atoms with E-state index in [9.17, 15) is 4.79 Å². The minimum Gasteiger partial charge on any atom is -0.398 e. The first-order chi connectivity index (χ1) is 9.22. The SMILES string of the molecule is CCC1CCCCN1CCC(=O)c1ccccc1N. The molecule has 0 aliphatic carbocycles. The van der Waals surface area contributed by atoms with Crippen LogP contribution in [0.1, 0.15) is 49.4 Å². The molecule has 1 aliphatic rings. The van der Waals surface area contributed by atoms with Crippen molar-refractivity contribution in [1.82, 2.24) is 4.90 Å². The number of nitrogens with zero attached hydrogens (tertiary/aromatic N) is 1. The van der Waals surface area contributed by atoms with Gasteiger partial charge >= 0.3 is 0 Å². The molecule has 0 amide bonds. The first kappa shape index (κ1) is 14.1. The Hall–Kier alpha value is -1.35. The molecule has 0 spiro atoms. The lowest BCUT2D eigenvalue weighted by atomic mass is 9.99. The highest BCUT2D eigenvalue weighted by Gasteiger charge is 2.21. The number of likely N-dealkylation sites (tertiary alicyclic amines) is 1. The van der Waals surface area contributed by atoms with Gasteiger partial charge in [0.05, 0.1) is 0 Å². The van der Waals surface area contributed by atoms with Gasteiger partial charge in [0.1, 0.15) is 0 Å². The Morgan fingerprint density at radius 2 is 2.16 bits per heavy atom. The summed E-state index contributed by atoms with van der Waals surface area (Å²) in [6.45, 7) is 4.24. The fraction of sp³-hybridized carbons (Fsp3) is 0.562. The zero-order valence-corrected chi connectivity index (χ0v) is 11.8. The number of nitrogen functional groups attached to an aromatic ring is 1. The Bertz CT molecular complexity index is 431. The van der Waals surface area contributed by atoms with Crippen molar-refractivity contribution in [3.63, 3.8) is 0 Å². The van der Waals surface area contributed by atoms with Crippen molar-refractivity contribution in [2.75, 3.05) is 18.8 Å². The van der Waals surface area contributed by atoms with Crippen LogP contribution in [0.5, 0.6) is 0 Å². The van der Waals surface area contributed by atoms with E-state index in [-0.39, 0.29) is 5.78 Å². The summed E-state index contributed by atoms with van der Waals surface area (Å²) in [4.78, 5) is 14.7. The van der Waals surface area contributed by atoms with Crippen LogP contribution in [0.3, 0.4) is 0 Å². The number of hydrogen-bond donors (Lipinski definition) is 1. The minimum absolute atomic E-state index is 0.165. The van der Waals surface area contributed by atoms with Gasteiger partial charge in [0.2, 0.25) is 0 Å².